The van der Waals surface area contributed by atoms with Crippen LogP contribution in [0.3, 0.4) is 0 Å². The first kappa shape index (κ1) is 10.9. The predicted molar refractivity (Wildman–Crippen MR) is 66.9 cm³/mol. The molecule has 0 unspecified atom stereocenters. The average molecular weight is 295 g/mol. The Labute approximate surface area is 106 Å². The fraction of sp³-hybridized carbons (Fsp3) is 0.143. The number of benzene rings is 2. The number of hydrogen-bond donors (Lipinski definition) is 0. The molecule has 0 atom stereocenters. The van der Waals surface area contributed by atoms with Gasteiger partial charge in [0.15, 0.2) is 0 Å². The Morgan fingerprint density at radius 2 is 1.76 bits per heavy atom. The maximum atomic E-state index is 14.0. The van der Waals surface area contributed by atoms with Crippen LogP contribution in [0.15, 0.2) is 34.8 Å². The van der Waals surface area contributed by atoms with E-state index in [0.29, 0.717) is 17.5 Å². The second-order valence-electron chi connectivity index (χ2n) is 4.17. The van der Waals surface area contributed by atoms with Crippen LogP contribution in [-0.2, 0) is 12.8 Å². The van der Waals surface area contributed by atoms with Gasteiger partial charge in [0, 0.05) is 0 Å². The minimum atomic E-state index is -0.544. The van der Waals surface area contributed by atoms with Crippen LogP contribution in [0.4, 0.5) is 8.78 Å². The van der Waals surface area contributed by atoms with Crippen molar-refractivity contribution in [3.63, 3.8) is 0 Å². The van der Waals surface area contributed by atoms with Gasteiger partial charge in [-0.25, -0.2) is 8.78 Å². The van der Waals surface area contributed by atoms with Gasteiger partial charge >= 0.3 is 0 Å². The van der Waals surface area contributed by atoms with E-state index in [9.17, 15) is 8.78 Å². The fourth-order valence-electron chi connectivity index (χ4n) is 2.38. The third-order valence-electron chi connectivity index (χ3n) is 3.22. The van der Waals surface area contributed by atoms with E-state index in [2.05, 4.69) is 15.9 Å². The molecule has 0 radical (unpaired) electrons. The second kappa shape index (κ2) is 3.91. The predicted octanol–water partition coefficient (Wildman–Crippen LogP) is 4.49. The summed E-state index contributed by atoms with van der Waals surface area (Å²) in [4.78, 5) is 0. The van der Waals surface area contributed by atoms with E-state index in [1.165, 1.54) is 6.07 Å². The van der Waals surface area contributed by atoms with Crippen LogP contribution in [0.25, 0.3) is 11.1 Å². The summed E-state index contributed by atoms with van der Waals surface area (Å²) < 4.78 is 27.5. The van der Waals surface area contributed by atoms with Crippen molar-refractivity contribution >= 4 is 15.9 Å². The molecule has 3 heteroatoms. The zero-order valence-electron chi connectivity index (χ0n) is 8.93. The molecule has 17 heavy (non-hydrogen) atoms. The van der Waals surface area contributed by atoms with Gasteiger partial charge in [-0.3, -0.25) is 0 Å². The quantitative estimate of drug-likeness (QED) is 0.628. The Morgan fingerprint density at radius 3 is 2.59 bits per heavy atom. The molecule has 0 aliphatic heterocycles. The zero-order chi connectivity index (χ0) is 12.0. The molecular weight excluding hydrogens is 286 g/mol. The highest BCUT2D eigenvalue weighted by atomic mass is 79.9. The lowest BCUT2D eigenvalue weighted by atomic mass is 9.85. The Balaban J connectivity index is 2.33. The van der Waals surface area contributed by atoms with E-state index < -0.39 is 11.6 Å². The minimum Gasteiger partial charge on any atom is -0.206 e. The number of halogens is 3. The van der Waals surface area contributed by atoms with Gasteiger partial charge in [-0.15, -0.1) is 0 Å². The highest BCUT2D eigenvalue weighted by molar-refractivity contribution is 9.10. The first-order valence-corrected chi connectivity index (χ1v) is 6.22. The smallest absolute Gasteiger partial charge is 0.144 e. The van der Waals surface area contributed by atoms with Crippen molar-refractivity contribution in [3.8, 4) is 11.1 Å². The van der Waals surface area contributed by atoms with Crippen LogP contribution in [0, 0.1) is 11.6 Å². The van der Waals surface area contributed by atoms with Crippen molar-refractivity contribution in [1.82, 2.24) is 0 Å². The summed E-state index contributed by atoms with van der Waals surface area (Å²) >= 11 is 2.95. The first-order chi connectivity index (χ1) is 8.18. The Morgan fingerprint density at radius 1 is 1.00 bits per heavy atom. The van der Waals surface area contributed by atoms with E-state index >= 15 is 0 Å². The van der Waals surface area contributed by atoms with Gasteiger partial charge < -0.3 is 0 Å². The summed E-state index contributed by atoms with van der Waals surface area (Å²) in [6, 6.07) is 9.19. The van der Waals surface area contributed by atoms with Crippen molar-refractivity contribution in [3.05, 3.63) is 57.6 Å². The number of rotatable bonds is 0. The summed E-state index contributed by atoms with van der Waals surface area (Å²) in [5, 5.41) is 0. The van der Waals surface area contributed by atoms with Gasteiger partial charge in [-0.2, -0.15) is 0 Å². The van der Waals surface area contributed by atoms with Gasteiger partial charge in [0.25, 0.3) is 0 Å². The summed E-state index contributed by atoms with van der Waals surface area (Å²) in [7, 11) is 0. The Hall–Kier alpha value is -1.22. The molecule has 0 spiro atoms. The minimum absolute atomic E-state index is 0.0596. The Bertz CT molecular complexity index is 605. The zero-order valence-corrected chi connectivity index (χ0v) is 10.5. The van der Waals surface area contributed by atoms with E-state index in [-0.39, 0.29) is 4.47 Å². The molecule has 0 amide bonds. The van der Waals surface area contributed by atoms with Crippen molar-refractivity contribution < 1.29 is 8.78 Å². The van der Waals surface area contributed by atoms with Crippen LogP contribution in [-0.4, -0.2) is 0 Å². The number of fused-ring (bicyclic) bond motifs is 3. The number of aryl methyl sites for hydroxylation is 1. The molecule has 0 heterocycles. The van der Waals surface area contributed by atoms with Crippen molar-refractivity contribution in [2.45, 2.75) is 12.8 Å². The SMILES string of the molecule is Fc1cc2c(c(F)c1Br)CCc1ccccc1-2. The molecule has 2 aromatic carbocycles. The van der Waals surface area contributed by atoms with E-state index in [1.54, 1.807) is 0 Å². The molecule has 2 aromatic rings. The van der Waals surface area contributed by atoms with Crippen molar-refractivity contribution in [2.24, 2.45) is 0 Å². The molecule has 0 nitrogen and oxygen atoms in total. The topological polar surface area (TPSA) is 0 Å². The maximum absolute atomic E-state index is 14.0. The highest BCUT2D eigenvalue weighted by Crippen LogP contribution is 2.38. The van der Waals surface area contributed by atoms with Crippen LogP contribution in [0.5, 0.6) is 0 Å². The molecule has 0 N–H and O–H groups in total. The molecule has 1 aliphatic rings. The van der Waals surface area contributed by atoms with E-state index in [1.807, 2.05) is 24.3 Å². The van der Waals surface area contributed by atoms with Crippen LogP contribution < -0.4 is 0 Å². The van der Waals surface area contributed by atoms with Crippen molar-refractivity contribution in [2.75, 3.05) is 0 Å². The summed E-state index contributed by atoms with van der Waals surface area (Å²) in [6.07, 6.45) is 1.43. The van der Waals surface area contributed by atoms with E-state index in [4.69, 9.17) is 0 Å². The molecule has 0 saturated heterocycles. The molecule has 86 valence electrons. The lowest BCUT2D eigenvalue weighted by Crippen LogP contribution is -2.07. The molecule has 0 saturated carbocycles. The molecule has 3 rings (SSSR count). The van der Waals surface area contributed by atoms with E-state index in [0.717, 1.165) is 17.5 Å². The third kappa shape index (κ3) is 1.61. The van der Waals surface area contributed by atoms with Crippen molar-refractivity contribution in [1.29, 1.82) is 0 Å². The van der Waals surface area contributed by atoms with Crippen LogP contribution >= 0.6 is 15.9 Å². The van der Waals surface area contributed by atoms with Gasteiger partial charge in [0.2, 0.25) is 0 Å². The van der Waals surface area contributed by atoms with Crippen LogP contribution in [0.1, 0.15) is 11.1 Å². The second-order valence-corrected chi connectivity index (χ2v) is 4.96. The van der Waals surface area contributed by atoms with Gasteiger partial charge in [-0.05, 0) is 57.1 Å². The van der Waals surface area contributed by atoms with Crippen LogP contribution in [0.2, 0.25) is 0 Å². The molecule has 0 fully saturated rings. The molecular formula is C14H9BrF2. The third-order valence-corrected chi connectivity index (χ3v) is 3.94. The lowest BCUT2D eigenvalue weighted by molar-refractivity contribution is 0.560. The first-order valence-electron chi connectivity index (χ1n) is 5.43. The largest absolute Gasteiger partial charge is 0.206 e. The standard InChI is InChI=1S/C14H9BrF2/c15-13-12(16)7-11-9-4-2-1-3-8(9)5-6-10(11)14(13)17/h1-4,7H,5-6H2. The molecule has 1 aliphatic carbocycles. The summed E-state index contributed by atoms with van der Waals surface area (Å²) in [5.74, 6) is -1.01. The van der Waals surface area contributed by atoms with Gasteiger partial charge in [0.1, 0.15) is 11.6 Å². The average Bonchev–Trinajstić information content (AvgIpc) is 2.36. The fourth-order valence-corrected chi connectivity index (χ4v) is 2.73. The highest BCUT2D eigenvalue weighted by Gasteiger charge is 2.22. The molecule has 0 bridgehead atoms. The maximum Gasteiger partial charge on any atom is 0.144 e. The summed E-state index contributed by atoms with van der Waals surface area (Å²) in [6.45, 7) is 0. The normalized spacial score (nSPS) is 13.1. The lowest BCUT2D eigenvalue weighted by Gasteiger charge is -2.20. The molecule has 0 aromatic heterocycles. The van der Waals surface area contributed by atoms with Gasteiger partial charge in [0.05, 0.1) is 4.47 Å². The summed E-state index contributed by atoms with van der Waals surface area (Å²) in [5.41, 5.74) is 3.39. The number of hydrogen-bond acceptors (Lipinski definition) is 0. The monoisotopic (exact) mass is 294 g/mol. The Kier molecular flexibility index (Phi) is 2.51. The van der Waals surface area contributed by atoms with Gasteiger partial charge in [-0.1, -0.05) is 24.3 Å².